The van der Waals surface area contributed by atoms with Crippen LogP contribution in [0, 0.1) is 0 Å². The third-order valence-corrected chi connectivity index (χ3v) is 4.92. The Morgan fingerprint density at radius 2 is 1.96 bits per heavy atom. The van der Waals surface area contributed by atoms with Gasteiger partial charge >= 0.3 is 12.1 Å². The Hall–Kier alpha value is -1.76. The van der Waals surface area contributed by atoms with Crippen molar-refractivity contribution < 1.29 is 14.3 Å². The predicted octanol–water partition coefficient (Wildman–Crippen LogP) is 3.88. The topological polar surface area (TPSA) is 61.9 Å². The van der Waals surface area contributed by atoms with Gasteiger partial charge in [-0.05, 0) is 57.4 Å². The number of hydrogen-bond donors (Lipinski definition) is 1. The maximum Gasteiger partial charge on any atom is 0.410 e. The molecule has 3 amide bonds. The molecule has 0 aliphatic carbocycles. The Labute approximate surface area is 156 Å². The number of halogens is 1. The minimum Gasteiger partial charge on any atom is -0.444 e. The highest BCUT2D eigenvalue weighted by Crippen LogP contribution is 2.32. The Morgan fingerprint density at radius 1 is 1.28 bits per heavy atom. The van der Waals surface area contributed by atoms with Gasteiger partial charge in [-0.2, -0.15) is 0 Å². The Bertz CT molecular complexity index is 679. The average Bonchev–Trinajstić information content (AvgIpc) is 2.53. The number of nitrogens with one attached hydrogen (secondary N) is 1. The maximum atomic E-state index is 12.4. The number of hydrogen-bond acceptors (Lipinski definition) is 3. The molecule has 1 aromatic carbocycles. The molecule has 1 N–H and O–H groups in total. The minimum atomic E-state index is -0.493. The van der Waals surface area contributed by atoms with Crippen molar-refractivity contribution in [2.45, 2.75) is 51.8 Å². The van der Waals surface area contributed by atoms with E-state index in [1.165, 1.54) is 0 Å². The monoisotopic (exact) mass is 409 g/mol. The number of piperidine rings is 1. The summed E-state index contributed by atoms with van der Waals surface area (Å²) < 4.78 is 6.44. The van der Waals surface area contributed by atoms with Crippen molar-refractivity contribution in [1.82, 2.24) is 10.2 Å². The van der Waals surface area contributed by atoms with E-state index in [0.717, 1.165) is 28.6 Å². The van der Waals surface area contributed by atoms with Crippen LogP contribution < -0.4 is 10.2 Å². The van der Waals surface area contributed by atoms with E-state index in [1.807, 2.05) is 43.9 Å². The van der Waals surface area contributed by atoms with Crippen LogP contribution in [0.1, 0.15) is 39.2 Å². The minimum absolute atomic E-state index is 0.0643. The lowest BCUT2D eigenvalue weighted by atomic mass is 10.0. The normalized spacial score (nSPS) is 18.6. The van der Waals surface area contributed by atoms with Gasteiger partial charge in [0.25, 0.3) is 0 Å². The Morgan fingerprint density at radius 3 is 2.60 bits per heavy atom. The molecule has 0 spiro atoms. The summed E-state index contributed by atoms with van der Waals surface area (Å²) in [6.45, 7) is 7.33. The molecule has 1 aromatic rings. The summed E-state index contributed by atoms with van der Waals surface area (Å²) in [7, 11) is 0. The van der Waals surface area contributed by atoms with E-state index in [-0.39, 0.29) is 18.2 Å². The summed E-state index contributed by atoms with van der Waals surface area (Å²) in [5, 5.41) is 2.94. The molecule has 1 fully saturated rings. The van der Waals surface area contributed by atoms with Crippen LogP contribution in [-0.4, -0.2) is 41.8 Å². The summed E-state index contributed by atoms with van der Waals surface area (Å²) in [5.74, 6) is 0. The van der Waals surface area contributed by atoms with Crippen LogP contribution in [0.4, 0.5) is 15.3 Å². The molecule has 0 saturated carbocycles. The molecule has 1 saturated heterocycles. The third kappa shape index (κ3) is 4.08. The number of likely N-dealkylation sites (tertiary alicyclic amines) is 1. The predicted molar refractivity (Wildman–Crippen MR) is 99.7 cm³/mol. The first-order chi connectivity index (χ1) is 11.7. The molecule has 0 radical (unpaired) electrons. The molecule has 2 heterocycles. The van der Waals surface area contributed by atoms with Crippen molar-refractivity contribution in [2.75, 3.05) is 18.0 Å². The van der Waals surface area contributed by atoms with E-state index in [1.54, 1.807) is 4.90 Å². The molecular formula is C18H24BrN3O3. The van der Waals surface area contributed by atoms with Crippen molar-refractivity contribution in [2.24, 2.45) is 0 Å². The first kappa shape index (κ1) is 18.0. The van der Waals surface area contributed by atoms with Gasteiger partial charge < -0.3 is 15.0 Å². The highest BCUT2D eigenvalue weighted by molar-refractivity contribution is 9.10. The number of ether oxygens (including phenoxy) is 1. The average molecular weight is 410 g/mol. The van der Waals surface area contributed by atoms with Gasteiger partial charge in [0.2, 0.25) is 0 Å². The maximum absolute atomic E-state index is 12.4. The number of nitrogens with zero attached hydrogens (tertiary/aromatic N) is 2. The zero-order chi connectivity index (χ0) is 18.2. The fraction of sp³-hybridized carbons (Fsp3) is 0.556. The first-order valence-electron chi connectivity index (χ1n) is 8.58. The largest absolute Gasteiger partial charge is 0.444 e. The molecule has 7 heteroatoms. The summed E-state index contributed by atoms with van der Waals surface area (Å²) in [6.07, 6.45) is 1.20. The highest BCUT2D eigenvalue weighted by atomic mass is 79.9. The molecule has 136 valence electrons. The highest BCUT2D eigenvalue weighted by Gasteiger charge is 2.34. The van der Waals surface area contributed by atoms with Gasteiger partial charge in [0, 0.05) is 30.1 Å². The quantitative estimate of drug-likeness (QED) is 0.765. The molecule has 6 nitrogen and oxygen atoms in total. The van der Waals surface area contributed by atoms with Crippen molar-refractivity contribution in [3.63, 3.8) is 0 Å². The van der Waals surface area contributed by atoms with Crippen molar-refractivity contribution in [3.05, 3.63) is 28.2 Å². The zero-order valence-electron chi connectivity index (χ0n) is 14.8. The standard InChI is InChI=1S/C18H24BrN3O3/c1-18(2,3)25-17(24)21-8-6-14(7-9-21)22-15-5-4-13(19)10-12(15)11-20-16(22)23/h4-5,10,14H,6-9,11H2,1-3H3,(H,20,23). The molecule has 0 unspecified atom stereocenters. The molecule has 2 aliphatic heterocycles. The zero-order valence-corrected chi connectivity index (χ0v) is 16.4. The van der Waals surface area contributed by atoms with Gasteiger partial charge in [-0.25, -0.2) is 9.59 Å². The molecular weight excluding hydrogens is 386 g/mol. The van der Waals surface area contributed by atoms with Gasteiger partial charge in [0.15, 0.2) is 0 Å². The number of carbonyl (C=O) groups excluding carboxylic acids is 2. The molecule has 3 rings (SSSR count). The molecule has 0 aromatic heterocycles. The van der Waals surface area contributed by atoms with Gasteiger partial charge in [-0.15, -0.1) is 0 Å². The smallest absolute Gasteiger partial charge is 0.410 e. The van der Waals surface area contributed by atoms with Crippen molar-refractivity contribution in [3.8, 4) is 0 Å². The summed E-state index contributed by atoms with van der Waals surface area (Å²) in [4.78, 5) is 28.2. The SMILES string of the molecule is CC(C)(C)OC(=O)N1CCC(N2C(=O)NCc3cc(Br)ccc32)CC1. The van der Waals surface area contributed by atoms with Gasteiger partial charge in [0.05, 0.1) is 5.69 Å². The number of amides is 3. The van der Waals surface area contributed by atoms with Crippen molar-refractivity contribution in [1.29, 1.82) is 0 Å². The number of carbonyl (C=O) groups is 2. The van der Waals surface area contributed by atoms with Crippen LogP contribution in [0.2, 0.25) is 0 Å². The Balaban J connectivity index is 1.69. The summed E-state index contributed by atoms with van der Waals surface area (Å²) in [6, 6.07) is 6.00. The number of fused-ring (bicyclic) bond motifs is 1. The van der Waals surface area contributed by atoms with Crippen molar-refractivity contribution >= 4 is 33.7 Å². The second-order valence-corrected chi connectivity index (χ2v) is 8.42. The van der Waals surface area contributed by atoms with Crippen LogP contribution in [-0.2, 0) is 11.3 Å². The fourth-order valence-corrected chi connectivity index (χ4v) is 3.70. The molecule has 25 heavy (non-hydrogen) atoms. The number of rotatable bonds is 1. The summed E-state index contributed by atoms with van der Waals surface area (Å²) in [5.41, 5.74) is 1.57. The Kier molecular flexibility index (Phi) is 4.95. The molecule has 0 atom stereocenters. The lowest BCUT2D eigenvalue weighted by Crippen LogP contribution is -2.54. The van der Waals surface area contributed by atoms with Gasteiger partial charge in [-0.3, -0.25) is 4.90 Å². The van der Waals surface area contributed by atoms with Gasteiger partial charge in [-0.1, -0.05) is 15.9 Å². The van der Waals surface area contributed by atoms with E-state index in [0.29, 0.717) is 19.6 Å². The van der Waals surface area contributed by atoms with E-state index in [9.17, 15) is 9.59 Å². The van der Waals surface area contributed by atoms with E-state index in [2.05, 4.69) is 21.2 Å². The number of urea groups is 1. The van der Waals surface area contributed by atoms with Crippen LogP contribution in [0.25, 0.3) is 0 Å². The lowest BCUT2D eigenvalue weighted by Gasteiger charge is -2.41. The van der Waals surface area contributed by atoms with E-state index in [4.69, 9.17) is 4.74 Å². The fourth-order valence-electron chi connectivity index (χ4n) is 3.29. The molecule has 2 aliphatic rings. The van der Waals surface area contributed by atoms with Crippen LogP contribution in [0.5, 0.6) is 0 Å². The lowest BCUT2D eigenvalue weighted by molar-refractivity contribution is 0.0206. The van der Waals surface area contributed by atoms with E-state index < -0.39 is 5.60 Å². The van der Waals surface area contributed by atoms with E-state index >= 15 is 0 Å². The summed E-state index contributed by atoms with van der Waals surface area (Å²) >= 11 is 3.48. The third-order valence-electron chi connectivity index (χ3n) is 4.43. The van der Waals surface area contributed by atoms with Crippen LogP contribution >= 0.6 is 15.9 Å². The first-order valence-corrected chi connectivity index (χ1v) is 9.37. The van der Waals surface area contributed by atoms with Gasteiger partial charge in [0.1, 0.15) is 5.60 Å². The van der Waals surface area contributed by atoms with Crippen LogP contribution in [0.15, 0.2) is 22.7 Å². The van der Waals surface area contributed by atoms with Crippen LogP contribution in [0.3, 0.4) is 0 Å². The number of anilines is 1. The molecule has 0 bridgehead atoms. The number of benzene rings is 1. The second-order valence-electron chi connectivity index (χ2n) is 7.50. The second kappa shape index (κ2) is 6.86.